The van der Waals surface area contributed by atoms with Crippen molar-refractivity contribution in [3.05, 3.63) is 75.8 Å². The maximum atomic E-state index is 14.3. The maximum absolute atomic E-state index is 14.3. The second-order valence-corrected chi connectivity index (χ2v) is 6.91. The number of amides is 2. The lowest BCUT2D eigenvalue weighted by molar-refractivity contribution is 0.0995. The molecule has 1 aliphatic carbocycles. The summed E-state index contributed by atoms with van der Waals surface area (Å²) in [7, 11) is 0. The van der Waals surface area contributed by atoms with E-state index < -0.39 is 17.6 Å². The van der Waals surface area contributed by atoms with Gasteiger partial charge in [-0.1, -0.05) is 23.7 Å². The van der Waals surface area contributed by atoms with Crippen LogP contribution in [0.3, 0.4) is 0 Å². The van der Waals surface area contributed by atoms with Crippen LogP contribution in [0.5, 0.6) is 0 Å². The molecule has 0 spiro atoms. The van der Waals surface area contributed by atoms with Crippen molar-refractivity contribution in [3.63, 3.8) is 0 Å². The Morgan fingerprint density at radius 2 is 1.96 bits per heavy atom. The van der Waals surface area contributed by atoms with E-state index in [1.54, 1.807) is 18.2 Å². The number of aromatic nitrogens is 2. The van der Waals surface area contributed by atoms with E-state index in [9.17, 15) is 14.0 Å². The smallest absolute Gasteiger partial charge is 0.276 e. The van der Waals surface area contributed by atoms with Gasteiger partial charge in [0.1, 0.15) is 11.5 Å². The molecule has 0 bridgehead atoms. The third-order valence-corrected chi connectivity index (χ3v) is 5.05. The monoisotopic (exact) mass is 398 g/mol. The molecule has 0 fully saturated rings. The van der Waals surface area contributed by atoms with Gasteiger partial charge in [0, 0.05) is 16.8 Å². The number of nitrogens with one attached hydrogen (secondary N) is 1. The van der Waals surface area contributed by atoms with E-state index in [2.05, 4.69) is 10.4 Å². The Labute approximate surface area is 165 Å². The Balaban J connectivity index is 1.72. The molecule has 1 heterocycles. The van der Waals surface area contributed by atoms with Gasteiger partial charge in [-0.05, 0) is 49.6 Å². The molecule has 1 aromatic heterocycles. The number of carbonyl (C=O) groups is 2. The van der Waals surface area contributed by atoms with Crippen LogP contribution in [-0.2, 0) is 12.8 Å². The van der Waals surface area contributed by atoms with Crippen molar-refractivity contribution in [1.29, 1.82) is 0 Å². The minimum atomic E-state index is -0.628. The summed E-state index contributed by atoms with van der Waals surface area (Å²) < 4.78 is 15.7. The minimum absolute atomic E-state index is 0.219. The molecule has 142 valence electrons. The summed E-state index contributed by atoms with van der Waals surface area (Å²) in [5.74, 6) is -1.52. The molecular formula is C20H16ClFN4O2. The molecule has 3 N–H and O–H groups in total. The highest BCUT2D eigenvalue weighted by atomic mass is 35.5. The fraction of sp³-hybridized carbons (Fsp3) is 0.150. The van der Waals surface area contributed by atoms with Gasteiger partial charge in [-0.3, -0.25) is 9.59 Å². The van der Waals surface area contributed by atoms with Crippen LogP contribution >= 0.6 is 11.6 Å². The van der Waals surface area contributed by atoms with Crippen molar-refractivity contribution in [1.82, 2.24) is 9.78 Å². The summed E-state index contributed by atoms with van der Waals surface area (Å²) >= 11 is 6.13. The van der Waals surface area contributed by atoms with E-state index in [0.29, 0.717) is 18.5 Å². The number of nitrogens with two attached hydrogens (primary N) is 1. The normalized spacial score (nSPS) is 12.6. The Bertz CT molecular complexity index is 1110. The third-order valence-electron chi connectivity index (χ3n) is 4.73. The molecule has 1 aliphatic rings. The molecule has 2 aromatic carbocycles. The lowest BCUT2D eigenvalue weighted by atomic mass is 10.1. The number of hydrogen-bond donors (Lipinski definition) is 2. The standard InChI is InChI=1S/C20H16ClFN4O2/c21-13-9-8-11(19(23)27)10-15(13)24-20(28)18-12-4-3-7-16(12)26(25-18)17-6-2-1-5-14(17)22/h1-2,5-6,8-10H,3-4,7H2,(H2,23,27)(H,24,28). The first kappa shape index (κ1) is 18.2. The van der Waals surface area contributed by atoms with Crippen molar-refractivity contribution in [2.75, 3.05) is 5.32 Å². The van der Waals surface area contributed by atoms with Gasteiger partial charge in [-0.2, -0.15) is 5.10 Å². The van der Waals surface area contributed by atoms with E-state index in [0.717, 1.165) is 17.7 Å². The number of benzene rings is 2. The minimum Gasteiger partial charge on any atom is -0.366 e. The zero-order valence-electron chi connectivity index (χ0n) is 14.7. The molecular weight excluding hydrogens is 383 g/mol. The van der Waals surface area contributed by atoms with E-state index in [4.69, 9.17) is 17.3 Å². The molecule has 28 heavy (non-hydrogen) atoms. The highest BCUT2D eigenvalue weighted by molar-refractivity contribution is 6.34. The summed E-state index contributed by atoms with van der Waals surface area (Å²) in [6, 6.07) is 10.7. The summed E-state index contributed by atoms with van der Waals surface area (Å²) in [4.78, 5) is 24.3. The van der Waals surface area contributed by atoms with Crippen LogP contribution in [0.4, 0.5) is 10.1 Å². The van der Waals surface area contributed by atoms with Crippen molar-refractivity contribution in [2.45, 2.75) is 19.3 Å². The van der Waals surface area contributed by atoms with Crippen LogP contribution in [0.2, 0.25) is 5.02 Å². The first-order chi connectivity index (χ1) is 13.5. The fourth-order valence-electron chi connectivity index (χ4n) is 3.40. The van der Waals surface area contributed by atoms with Crippen LogP contribution in [0.25, 0.3) is 5.69 Å². The van der Waals surface area contributed by atoms with Crippen molar-refractivity contribution < 1.29 is 14.0 Å². The van der Waals surface area contributed by atoms with Crippen LogP contribution in [0, 0.1) is 5.82 Å². The van der Waals surface area contributed by atoms with Gasteiger partial charge in [-0.25, -0.2) is 9.07 Å². The number of para-hydroxylation sites is 1. The van der Waals surface area contributed by atoms with Crippen LogP contribution in [0.15, 0.2) is 42.5 Å². The highest BCUT2D eigenvalue weighted by Gasteiger charge is 2.28. The first-order valence-corrected chi connectivity index (χ1v) is 9.10. The summed E-state index contributed by atoms with van der Waals surface area (Å²) in [6.07, 6.45) is 2.25. The van der Waals surface area contributed by atoms with Gasteiger partial charge in [0.05, 0.1) is 10.7 Å². The topological polar surface area (TPSA) is 90.0 Å². The Morgan fingerprint density at radius 3 is 2.71 bits per heavy atom. The molecule has 0 atom stereocenters. The molecule has 6 nitrogen and oxygen atoms in total. The van der Waals surface area contributed by atoms with E-state index in [1.807, 2.05) is 0 Å². The van der Waals surface area contributed by atoms with E-state index in [1.165, 1.54) is 28.9 Å². The summed E-state index contributed by atoms with van der Waals surface area (Å²) in [5, 5.41) is 7.33. The molecule has 3 aromatic rings. The maximum Gasteiger partial charge on any atom is 0.276 e. The number of fused-ring (bicyclic) bond motifs is 1. The fourth-order valence-corrected chi connectivity index (χ4v) is 3.56. The third kappa shape index (κ3) is 3.14. The van der Waals surface area contributed by atoms with Gasteiger partial charge in [-0.15, -0.1) is 0 Å². The quantitative estimate of drug-likeness (QED) is 0.704. The van der Waals surface area contributed by atoms with Crippen LogP contribution in [-0.4, -0.2) is 21.6 Å². The van der Waals surface area contributed by atoms with Gasteiger partial charge in [0.15, 0.2) is 5.69 Å². The number of hydrogen-bond acceptors (Lipinski definition) is 3. The molecule has 0 saturated carbocycles. The number of rotatable bonds is 4. The predicted molar refractivity (Wildman–Crippen MR) is 103 cm³/mol. The second-order valence-electron chi connectivity index (χ2n) is 6.50. The Hall–Kier alpha value is -3.19. The lowest BCUT2D eigenvalue weighted by Gasteiger charge is -2.08. The molecule has 0 aliphatic heterocycles. The largest absolute Gasteiger partial charge is 0.366 e. The van der Waals surface area contributed by atoms with Crippen LogP contribution < -0.4 is 11.1 Å². The number of halogens is 2. The Morgan fingerprint density at radius 1 is 1.18 bits per heavy atom. The molecule has 2 amide bonds. The van der Waals surface area contributed by atoms with Gasteiger partial charge >= 0.3 is 0 Å². The van der Waals surface area contributed by atoms with Crippen LogP contribution in [0.1, 0.15) is 38.5 Å². The highest BCUT2D eigenvalue weighted by Crippen LogP contribution is 2.30. The molecule has 0 saturated heterocycles. The van der Waals surface area contributed by atoms with Crippen molar-refractivity contribution in [2.24, 2.45) is 5.73 Å². The molecule has 8 heteroatoms. The number of anilines is 1. The molecule has 4 rings (SSSR count). The average molecular weight is 399 g/mol. The van der Waals surface area contributed by atoms with E-state index in [-0.39, 0.29) is 22.0 Å². The summed E-state index contributed by atoms with van der Waals surface area (Å²) in [6.45, 7) is 0. The number of nitrogens with zero attached hydrogens (tertiary/aromatic N) is 2. The van der Waals surface area contributed by atoms with E-state index >= 15 is 0 Å². The zero-order chi connectivity index (χ0) is 19.8. The second kappa shape index (κ2) is 7.09. The summed E-state index contributed by atoms with van der Waals surface area (Å²) in [5.41, 5.74) is 7.91. The van der Waals surface area contributed by atoms with Gasteiger partial charge in [0.25, 0.3) is 5.91 Å². The van der Waals surface area contributed by atoms with Gasteiger partial charge < -0.3 is 11.1 Å². The number of carbonyl (C=O) groups excluding carboxylic acids is 2. The predicted octanol–water partition coefficient (Wildman–Crippen LogP) is 3.50. The molecule has 0 unspecified atom stereocenters. The van der Waals surface area contributed by atoms with Crippen molar-refractivity contribution >= 4 is 29.1 Å². The Kier molecular flexibility index (Phi) is 4.60. The number of primary amides is 1. The lowest BCUT2D eigenvalue weighted by Crippen LogP contribution is -2.17. The van der Waals surface area contributed by atoms with Crippen molar-refractivity contribution in [3.8, 4) is 5.69 Å². The molecule has 0 radical (unpaired) electrons. The zero-order valence-corrected chi connectivity index (χ0v) is 15.5. The SMILES string of the molecule is NC(=O)c1ccc(Cl)c(NC(=O)c2nn(-c3ccccc3F)c3c2CCC3)c1. The first-order valence-electron chi connectivity index (χ1n) is 8.72. The average Bonchev–Trinajstić information content (AvgIpc) is 3.26. The van der Waals surface area contributed by atoms with Gasteiger partial charge in [0.2, 0.25) is 5.91 Å².